The summed E-state index contributed by atoms with van der Waals surface area (Å²) < 4.78 is 11.9. The molecule has 2 rings (SSSR count). The maximum atomic E-state index is 6.21. The second kappa shape index (κ2) is 7.05. The molecule has 1 aliphatic carbocycles. The lowest BCUT2D eigenvalue weighted by molar-refractivity contribution is -0.128. The third kappa shape index (κ3) is 3.50. The number of nitrogens with one attached hydrogen (secondary N) is 1. The summed E-state index contributed by atoms with van der Waals surface area (Å²) in [6.07, 6.45) is 10.4. The Labute approximate surface area is 118 Å². The van der Waals surface area contributed by atoms with Gasteiger partial charge < -0.3 is 14.8 Å². The first-order valence-electron chi connectivity index (χ1n) is 8.08. The summed E-state index contributed by atoms with van der Waals surface area (Å²) in [5, 5.41) is 3.52. The van der Waals surface area contributed by atoms with Crippen LogP contribution in [0.25, 0.3) is 0 Å². The highest BCUT2D eigenvalue weighted by molar-refractivity contribution is 4.94. The molecule has 0 bridgehead atoms. The van der Waals surface area contributed by atoms with Crippen molar-refractivity contribution in [1.29, 1.82) is 0 Å². The number of rotatable bonds is 5. The maximum Gasteiger partial charge on any atom is 0.0724 e. The van der Waals surface area contributed by atoms with Crippen molar-refractivity contribution in [2.45, 2.75) is 76.0 Å². The van der Waals surface area contributed by atoms with Crippen molar-refractivity contribution in [3.63, 3.8) is 0 Å². The van der Waals surface area contributed by atoms with Gasteiger partial charge in [-0.1, -0.05) is 26.2 Å². The van der Waals surface area contributed by atoms with Crippen LogP contribution < -0.4 is 5.32 Å². The van der Waals surface area contributed by atoms with E-state index in [0.29, 0.717) is 18.1 Å². The lowest BCUT2D eigenvalue weighted by Crippen LogP contribution is -2.51. The average Bonchev–Trinajstić information content (AvgIpc) is 2.45. The fourth-order valence-electron chi connectivity index (χ4n) is 4.21. The molecular formula is C16H31NO2. The molecule has 1 saturated heterocycles. The minimum atomic E-state index is 0.197. The summed E-state index contributed by atoms with van der Waals surface area (Å²) in [7, 11) is 3.92. The van der Waals surface area contributed by atoms with Crippen molar-refractivity contribution in [3.8, 4) is 0 Å². The van der Waals surface area contributed by atoms with E-state index in [1.807, 2.05) is 7.11 Å². The van der Waals surface area contributed by atoms with Crippen LogP contribution in [0.5, 0.6) is 0 Å². The standard InChI is InChI=1S/C16H31NO2/c1-4-14(18-3)15(17-2)13-8-11-19-16(12-13)9-6-5-7-10-16/h13-15,17H,4-12H2,1-3H3. The number of ether oxygens (including phenoxy) is 2. The zero-order valence-electron chi connectivity index (χ0n) is 12.9. The molecule has 0 aromatic carbocycles. The molecule has 0 aromatic rings. The Morgan fingerprint density at radius 3 is 2.63 bits per heavy atom. The van der Waals surface area contributed by atoms with Crippen LogP contribution >= 0.6 is 0 Å². The maximum absolute atomic E-state index is 6.21. The number of hydrogen-bond acceptors (Lipinski definition) is 3. The van der Waals surface area contributed by atoms with Gasteiger partial charge in [0.05, 0.1) is 11.7 Å². The normalized spacial score (nSPS) is 30.2. The van der Waals surface area contributed by atoms with Crippen molar-refractivity contribution in [1.82, 2.24) is 5.32 Å². The van der Waals surface area contributed by atoms with E-state index in [-0.39, 0.29) is 5.60 Å². The first kappa shape index (κ1) is 15.3. The van der Waals surface area contributed by atoms with Crippen LogP contribution in [-0.2, 0) is 9.47 Å². The van der Waals surface area contributed by atoms with Crippen LogP contribution in [-0.4, -0.2) is 38.5 Å². The molecular weight excluding hydrogens is 238 g/mol. The van der Waals surface area contributed by atoms with E-state index in [4.69, 9.17) is 9.47 Å². The van der Waals surface area contributed by atoms with Gasteiger partial charge in [0, 0.05) is 19.8 Å². The Balaban J connectivity index is 2.02. The lowest BCUT2D eigenvalue weighted by Gasteiger charge is -2.46. The Hall–Kier alpha value is -0.120. The predicted octanol–water partition coefficient (Wildman–Crippen LogP) is 3.13. The van der Waals surface area contributed by atoms with Gasteiger partial charge >= 0.3 is 0 Å². The molecule has 0 amide bonds. The number of methoxy groups -OCH3 is 1. The van der Waals surface area contributed by atoms with Crippen molar-refractivity contribution < 1.29 is 9.47 Å². The first-order valence-corrected chi connectivity index (χ1v) is 8.08. The van der Waals surface area contributed by atoms with Crippen molar-refractivity contribution in [3.05, 3.63) is 0 Å². The molecule has 2 fully saturated rings. The number of hydrogen-bond donors (Lipinski definition) is 1. The van der Waals surface area contributed by atoms with Crippen LogP contribution in [0.4, 0.5) is 0 Å². The smallest absolute Gasteiger partial charge is 0.0724 e. The van der Waals surface area contributed by atoms with Gasteiger partial charge in [0.2, 0.25) is 0 Å². The summed E-state index contributed by atoms with van der Waals surface area (Å²) in [4.78, 5) is 0. The van der Waals surface area contributed by atoms with E-state index in [9.17, 15) is 0 Å². The van der Waals surface area contributed by atoms with Crippen LogP contribution in [0, 0.1) is 5.92 Å². The molecule has 1 N–H and O–H groups in total. The van der Waals surface area contributed by atoms with Crippen molar-refractivity contribution in [2.24, 2.45) is 5.92 Å². The van der Waals surface area contributed by atoms with Crippen LogP contribution in [0.15, 0.2) is 0 Å². The Morgan fingerprint density at radius 1 is 1.32 bits per heavy atom. The minimum Gasteiger partial charge on any atom is -0.380 e. The molecule has 3 unspecified atom stereocenters. The van der Waals surface area contributed by atoms with E-state index < -0.39 is 0 Å². The lowest BCUT2D eigenvalue weighted by atomic mass is 9.73. The van der Waals surface area contributed by atoms with Crippen molar-refractivity contribution >= 4 is 0 Å². The highest BCUT2D eigenvalue weighted by atomic mass is 16.5. The van der Waals surface area contributed by atoms with Gasteiger partial charge in [-0.2, -0.15) is 0 Å². The Morgan fingerprint density at radius 2 is 2.05 bits per heavy atom. The minimum absolute atomic E-state index is 0.197. The van der Waals surface area contributed by atoms with E-state index in [0.717, 1.165) is 13.0 Å². The second-order valence-electron chi connectivity index (χ2n) is 6.34. The zero-order chi connectivity index (χ0) is 13.7. The Bertz CT molecular complexity index is 254. The summed E-state index contributed by atoms with van der Waals surface area (Å²) in [6.45, 7) is 3.15. The molecule has 3 atom stereocenters. The van der Waals surface area contributed by atoms with E-state index >= 15 is 0 Å². The van der Waals surface area contributed by atoms with Gasteiger partial charge in [0.1, 0.15) is 0 Å². The zero-order valence-corrected chi connectivity index (χ0v) is 12.9. The SMILES string of the molecule is CCC(OC)C(NC)C1CCOC2(CCCCC2)C1. The molecule has 0 aromatic heterocycles. The van der Waals surface area contributed by atoms with Gasteiger partial charge in [-0.05, 0) is 45.1 Å². The van der Waals surface area contributed by atoms with Gasteiger partial charge in [0.15, 0.2) is 0 Å². The van der Waals surface area contributed by atoms with E-state index in [2.05, 4.69) is 19.3 Å². The number of likely N-dealkylation sites (N-methyl/N-ethyl adjacent to an activating group) is 1. The van der Waals surface area contributed by atoms with Gasteiger partial charge in [-0.25, -0.2) is 0 Å². The largest absolute Gasteiger partial charge is 0.380 e. The third-order valence-corrected chi connectivity index (χ3v) is 5.24. The summed E-state index contributed by atoms with van der Waals surface area (Å²) in [5.41, 5.74) is 0.197. The third-order valence-electron chi connectivity index (χ3n) is 5.24. The fraction of sp³-hybridized carbons (Fsp3) is 1.00. The molecule has 1 aliphatic heterocycles. The monoisotopic (exact) mass is 269 g/mol. The fourth-order valence-corrected chi connectivity index (χ4v) is 4.21. The highest BCUT2D eigenvalue weighted by Gasteiger charge is 2.41. The second-order valence-corrected chi connectivity index (χ2v) is 6.34. The topological polar surface area (TPSA) is 30.5 Å². The molecule has 2 aliphatic rings. The van der Waals surface area contributed by atoms with E-state index in [1.165, 1.54) is 44.9 Å². The van der Waals surface area contributed by atoms with Crippen molar-refractivity contribution in [2.75, 3.05) is 20.8 Å². The van der Waals surface area contributed by atoms with E-state index in [1.54, 1.807) is 0 Å². The van der Waals surface area contributed by atoms with Gasteiger partial charge in [-0.3, -0.25) is 0 Å². The summed E-state index contributed by atoms with van der Waals surface area (Å²) >= 11 is 0. The predicted molar refractivity (Wildman–Crippen MR) is 78.4 cm³/mol. The molecule has 3 heteroatoms. The van der Waals surface area contributed by atoms with Crippen LogP contribution in [0.2, 0.25) is 0 Å². The van der Waals surface area contributed by atoms with Gasteiger partial charge in [0.25, 0.3) is 0 Å². The molecule has 1 saturated carbocycles. The molecule has 1 heterocycles. The molecule has 112 valence electrons. The van der Waals surface area contributed by atoms with Crippen LogP contribution in [0.1, 0.15) is 58.3 Å². The molecule has 1 spiro atoms. The quantitative estimate of drug-likeness (QED) is 0.832. The Kier molecular flexibility index (Phi) is 5.67. The molecule has 3 nitrogen and oxygen atoms in total. The molecule has 0 radical (unpaired) electrons. The highest BCUT2D eigenvalue weighted by Crippen LogP contribution is 2.42. The van der Waals surface area contributed by atoms with Crippen LogP contribution in [0.3, 0.4) is 0 Å². The first-order chi connectivity index (χ1) is 9.24. The summed E-state index contributed by atoms with van der Waals surface area (Å²) in [6, 6.07) is 0.470. The average molecular weight is 269 g/mol. The van der Waals surface area contributed by atoms with Gasteiger partial charge in [-0.15, -0.1) is 0 Å². The molecule has 19 heavy (non-hydrogen) atoms. The summed E-state index contributed by atoms with van der Waals surface area (Å²) in [5.74, 6) is 0.696.